The Balaban J connectivity index is 2.59. The first-order chi connectivity index (χ1) is 9.77. The fourth-order valence-corrected chi connectivity index (χ4v) is 1.49. The Morgan fingerprint density at radius 1 is 1.19 bits per heavy atom. The predicted octanol–water partition coefficient (Wildman–Crippen LogP) is 1.79. The second kappa shape index (κ2) is 7.08. The molecule has 0 bridgehead atoms. The van der Waals surface area contributed by atoms with Crippen LogP contribution in [0.25, 0.3) is 0 Å². The van der Waals surface area contributed by atoms with Gasteiger partial charge in [0.1, 0.15) is 17.0 Å². The zero-order valence-electron chi connectivity index (χ0n) is 12.8. The average Bonchev–Trinajstić information content (AvgIpc) is 2.40. The zero-order valence-corrected chi connectivity index (χ0v) is 12.8. The number of likely N-dealkylation sites (N-methyl/N-ethyl adjacent to an activating group) is 1. The van der Waals surface area contributed by atoms with Gasteiger partial charge in [-0.2, -0.15) is 0 Å². The number of hydrogen-bond donors (Lipinski definition) is 1. The molecule has 0 aliphatic heterocycles. The molecule has 0 aliphatic rings. The highest BCUT2D eigenvalue weighted by Crippen LogP contribution is 2.18. The predicted molar refractivity (Wildman–Crippen MR) is 77.6 cm³/mol. The van der Waals surface area contributed by atoms with Gasteiger partial charge in [0.15, 0.2) is 0 Å². The number of carboxylic acid groups (broad SMARTS) is 1. The van der Waals surface area contributed by atoms with E-state index in [1.54, 1.807) is 31.3 Å². The van der Waals surface area contributed by atoms with Gasteiger partial charge in [-0.25, -0.2) is 0 Å². The normalized spacial score (nSPS) is 11.3. The molecule has 1 rings (SSSR count). The van der Waals surface area contributed by atoms with Crippen molar-refractivity contribution in [2.24, 2.45) is 0 Å². The summed E-state index contributed by atoms with van der Waals surface area (Å²) in [6, 6.07) is 6.67. The van der Waals surface area contributed by atoms with E-state index in [1.807, 2.05) is 6.92 Å². The zero-order chi connectivity index (χ0) is 16.0. The monoisotopic (exact) mass is 295 g/mol. The Labute approximate surface area is 124 Å². The molecule has 0 spiro atoms. The summed E-state index contributed by atoms with van der Waals surface area (Å²) in [7, 11) is 1.56. The fourth-order valence-electron chi connectivity index (χ4n) is 1.49. The number of carboxylic acids is 1. The molecule has 0 atom stereocenters. The lowest BCUT2D eigenvalue weighted by molar-refractivity contribution is -0.150. The molecule has 1 aromatic rings. The van der Waals surface area contributed by atoms with Gasteiger partial charge in [-0.15, -0.1) is 0 Å². The first-order valence-electron chi connectivity index (χ1n) is 6.65. The van der Waals surface area contributed by atoms with Crippen molar-refractivity contribution in [3.05, 3.63) is 24.3 Å². The lowest BCUT2D eigenvalue weighted by atomic mass is 10.0. The highest BCUT2D eigenvalue weighted by atomic mass is 16.5. The minimum atomic E-state index is -1.14. The fraction of sp³-hybridized carbons (Fsp3) is 0.467. The molecule has 0 saturated carbocycles. The van der Waals surface area contributed by atoms with Crippen LogP contribution in [0.3, 0.4) is 0 Å². The summed E-state index contributed by atoms with van der Waals surface area (Å²) >= 11 is 0. The summed E-state index contributed by atoms with van der Waals surface area (Å²) in [5.74, 6) is -0.429. The number of benzene rings is 1. The van der Waals surface area contributed by atoms with E-state index in [9.17, 15) is 9.59 Å². The van der Waals surface area contributed by atoms with Crippen LogP contribution in [0, 0.1) is 0 Å². The van der Waals surface area contributed by atoms with Gasteiger partial charge in [-0.3, -0.25) is 14.5 Å². The summed E-state index contributed by atoms with van der Waals surface area (Å²) < 4.78 is 10.5. The first kappa shape index (κ1) is 17.0. The van der Waals surface area contributed by atoms with Crippen molar-refractivity contribution >= 4 is 11.9 Å². The van der Waals surface area contributed by atoms with Crippen LogP contribution in [0.5, 0.6) is 11.5 Å². The first-order valence-corrected chi connectivity index (χ1v) is 6.65. The number of carbonyl (C=O) groups excluding carboxylic acids is 1. The molecule has 0 aromatic heterocycles. The molecule has 0 unspecified atom stereocenters. The minimum absolute atomic E-state index is 0.119. The van der Waals surface area contributed by atoms with Crippen LogP contribution in [0.2, 0.25) is 0 Å². The van der Waals surface area contributed by atoms with Gasteiger partial charge in [0, 0.05) is 0 Å². The van der Waals surface area contributed by atoms with Gasteiger partial charge in [-0.05, 0) is 52.1 Å². The topological polar surface area (TPSA) is 76.1 Å². The summed E-state index contributed by atoms with van der Waals surface area (Å²) in [6.07, 6.45) is 0. The van der Waals surface area contributed by atoms with Crippen molar-refractivity contribution in [3.8, 4) is 11.5 Å². The number of carbonyl (C=O) groups is 2. The van der Waals surface area contributed by atoms with E-state index in [-0.39, 0.29) is 6.54 Å². The Hall–Kier alpha value is -2.08. The number of nitrogens with zero attached hydrogens (tertiary/aromatic N) is 1. The molecule has 0 aliphatic carbocycles. The minimum Gasteiger partial charge on any atom is -0.494 e. The van der Waals surface area contributed by atoms with Crippen LogP contribution in [-0.2, 0) is 9.59 Å². The van der Waals surface area contributed by atoms with E-state index < -0.39 is 17.5 Å². The number of esters is 1. The third kappa shape index (κ3) is 4.75. The maximum Gasteiger partial charge on any atom is 0.325 e. The molecule has 0 fully saturated rings. The van der Waals surface area contributed by atoms with Crippen LogP contribution >= 0.6 is 0 Å². The molecule has 6 nitrogen and oxygen atoms in total. The average molecular weight is 295 g/mol. The van der Waals surface area contributed by atoms with Crippen LogP contribution in [-0.4, -0.2) is 47.7 Å². The molecular weight excluding hydrogens is 274 g/mol. The van der Waals surface area contributed by atoms with E-state index in [0.717, 1.165) is 0 Å². The van der Waals surface area contributed by atoms with Crippen molar-refractivity contribution < 1.29 is 24.2 Å². The molecule has 0 heterocycles. The summed E-state index contributed by atoms with van der Waals surface area (Å²) in [5, 5.41) is 9.09. The molecule has 116 valence electrons. The van der Waals surface area contributed by atoms with Crippen LogP contribution in [0.4, 0.5) is 0 Å². The maximum absolute atomic E-state index is 11.8. The van der Waals surface area contributed by atoms with E-state index >= 15 is 0 Å². The number of rotatable bonds is 7. The lowest BCUT2D eigenvalue weighted by Gasteiger charge is -2.30. The smallest absolute Gasteiger partial charge is 0.325 e. The third-order valence-corrected chi connectivity index (χ3v) is 3.21. The van der Waals surface area contributed by atoms with Gasteiger partial charge < -0.3 is 14.6 Å². The van der Waals surface area contributed by atoms with Gasteiger partial charge >= 0.3 is 11.9 Å². The highest BCUT2D eigenvalue weighted by molar-refractivity contribution is 5.80. The maximum atomic E-state index is 11.8. The highest BCUT2D eigenvalue weighted by Gasteiger charge is 2.33. The number of ether oxygens (including phenoxy) is 2. The van der Waals surface area contributed by atoms with Gasteiger partial charge in [-0.1, -0.05) is 0 Å². The number of hydrogen-bond acceptors (Lipinski definition) is 5. The van der Waals surface area contributed by atoms with E-state index in [0.29, 0.717) is 18.1 Å². The Morgan fingerprint density at radius 2 is 1.71 bits per heavy atom. The molecule has 0 amide bonds. The lowest BCUT2D eigenvalue weighted by Crippen LogP contribution is -2.50. The van der Waals surface area contributed by atoms with Crippen LogP contribution < -0.4 is 9.47 Å². The van der Waals surface area contributed by atoms with Crippen molar-refractivity contribution in [3.63, 3.8) is 0 Å². The van der Waals surface area contributed by atoms with E-state index in [4.69, 9.17) is 14.6 Å². The van der Waals surface area contributed by atoms with Crippen LogP contribution in [0.15, 0.2) is 24.3 Å². The summed E-state index contributed by atoms with van der Waals surface area (Å²) in [4.78, 5) is 24.3. The van der Waals surface area contributed by atoms with Gasteiger partial charge in [0.25, 0.3) is 0 Å². The van der Waals surface area contributed by atoms with Gasteiger partial charge in [0.05, 0.1) is 13.2 Å². The summed E-state index contributed by atoms with van der Waals surface area (Å²) in [6.45, 7) is 5.38. The van der Waals surface area contributed by atoms with Crippen molar-refractivity contribution in [2.45, 2.75) is 26.3 Å². The van der Waals surface area contributed by atoms with E-state index in [1.165, 1.54) is 18.7 Å². The van der Waals surface area contributed by atoms with Crippen molar-refractivity contribution in [1.82, 2.24) is 4.90 Å². The second-order valence-corrected chi connectivity index (χ2v) is 5.10. The van der Waals surface area contributed by atoms with Crippen LogP contribution in [0.1, 0.15) is 20.8 Å². The number of aliphatic carboxylic acids is 1. The Kier molecular flexibility index (Phi) is 5.72. The molecule has 1 N–H and O–H groups in total. The molecule has 0 saturated heterocycles. The van der Waals surface area contributed by atoms with Gasteiger partial charge in [0.2, 0.25) is 0 Å². The quantitative estimate of drug-likeness (QED) is 0.610. The Morgan fingerprint density at radius 3 is 2.19 bits per heavy atom. The standard InChI is InChI=1S/C15H21NO5/c1-5-20-11-6-8-12(9-7-11)21-13(17)10-16(4)15(2,3)14(18)19/h6-9H,5,10H2,1-4H3,(H,18,19). The SMILES string of the molecule is CCOc1ccc(OC(=O)CN(C)C(C)(C)C(=O)O)cc1. The molecule has 0 radical (unpaired) electrons. The van der Waals surface area contributed by atoms with Crippen molar-refractivity contribution in [2.75, 3.05) is 20.2 Å². The van der Waals surface area contributed by atoms with Crippen molar-refractivity contribution in [1.29, 1.82) is 0 Å². The van der Waals surface area contributed by atoms with E-state index in [2.05, 4.69) is 0 Å². The summed E-state index contributed by atoms with van der Waals surface area (Å²) in [5.41, 5.74) is -1.14. The second-order valence-electron chi connectivity index (χ2n) is 5.10. The third-order valence-electron chi connectivity index (χ3n) is 3.21. The molecule has 1 aromatic carbocycles. The molecular formula is C15H21NO5. The molecule has 6 heteroatoms. The Bertz CT molecular complexity index is 495. The largest absolute Gasteiger partial charge is 0.494 e. The molecule has 21 heavy (non-hydrogen) atoms.